The molecule has 0 aromatic heterocycles. The van der Waals surface area contributed by atoms with Crippen LogP contribution in [0.5, 0.6) is 0 Å². The maximum Gasteiger partial charge on any atom is 0.0621 e. The van der Waals surface area contributed by atoms with Crippen LogP contribution in [-0.4, -0.2) is 43.3 Å². The van der Waals surface area contributed by atoms with Crippen LogP contribution in [0.25, 0.3) is 0 Å². The molecule has 0 saturated carbocycles. The van der Waals surface area contributed by atoms with Gasteiger partial charge in [0, 0.05) is 31.8 Å². The molecule has 0 amide bonds. The molecule has 2 atom stereocenters. The van der Waals surface area contributed by atoms with Gasteiger partial charge in [0.25, 0.3) is 0 Å². The summed E-state index contributed by atoms with van der Waals surface area (Å²) < 4.78 is 5.56. The SMILES string of the molecule is CC(C)CN(C(C)CN)C1CCCOC1. The lowest BCUT2D eigenvalue weighted by Crippen LogP contribution is -2.50. The van der Waals surface area contributed by atoms with E-state index in [1.165, 1.54) is 12.8 Å². The molecule has 0 aliphatic carbocycles. The van der Waals surface area contributed by atoms with Gasteiger partial charge in [0.2, 0.25) is 0 Å². The second-order valence-corrected chi connectivity index (χ2v) is 5.05. The van der Waals surface area contributed by atoms with Crippen LogP contribution in [0.1, 0.15) is 33.6 Å². The molecule has 2 N–H and O–H groups in total. The van der Waals surface area contributed by atoms with Gasteiger partial charge in [-0.3, -0.25) is 4.90 Å². The van der Waals surface area contributed by atoms with Crippen molar-refractivity contribution in [3.8, 4) is 0 Å². The number of nitrogens with zero attached hydrogens (tertiary/aromatic N) is 1. The largest absolute Gasteiger partial charge is 0.380 e. The summed E-state index contributed by atoms with van der Waals surface area (Å²) in [5.74, 6) is 0.695. The van der Waals surface area contributed by atoms with E-state index >= 15 is 0 Å². The Labute approximate surface area is 94.0 Å². The number of hydrogen-bond acceptors (Lipinski definition) is 3. The minimum Gasteiger partial charge on any atom is -0.380 e. The lowest BCUT2D eigenvalue weighted by atomic mass is 10.0. The zero-order valence-corrected chi connectivity index (χ0v) is 10.4. The molecule has 1 heterocycles. The van der Waals surface area contributed by atoms with Crippen LogP contribution in [-0.2, 0) is 4.74 Å². The van der Waals surface area contributed by atoms with Crippen molar-refractivity contribution in [2.75, 3.05) is 26.3 Å². The Bertz CT molecular complexity index is 167. The van der Waals surface area contributed by atoms with E-state index in [0.29, 0.717) is 18.0 Å². The normalized spacial score (nSPS) is 24.8. The lowest BCUT2D eigenvalue weighted by molar-refractivity contribution is -0.000454. The van der Waals surface area contributed by atoms with Crippen molar-refractivity contribution < 1.29 is 4.74 Å². The summed E-state index contributed by atoms with van der Waals surface area (Å²) in [6.07, 6.45) is 2.45. The topological polar surface area (TPSA) is 38.5 Å². The predicted octanol–water partition coefficient (Wildman–Crippen LogP) is 1.47. The highest BCUT2D eigenvalue weighted by molar-refractivity contribution is 4.80. The second-order valence-electron chi connectivity index (χ2n) is 5.05. The molecule has 1 aliphatic rings. The van der Waals surface area contributed by atoms with Gasteiger partial charge in [-0.15, -0.1) is 0 Å². The maximum absolute atomic E-state index is 5.77. The Morgan fingerprint density at radius 2 is 2.13 bits per heavy atom. The summed E-state index contributed by atoms with van der Waals surface area (Å²) in [6, 6.07) is 1.05. The summed E-state index contributed by atoms with van der Waals surface area (Å²) in [5, 5.41) is 0. The van der Waals surface area contributed by atoms with Crippen molar-refractivity contribution in [1.29, 1.82) is 0 Å². The fourth-order valence-corrected chi connectivity index (χ4v) is 2.23. The van der Waals surface area contributed by atoms with Crippen LogP contribution >= 0.6 is 0 Å². The van der Waals surface area contributed by atoms with E-state index in [-0.39, 0.29) is 0 Å². The molecule has 3 heteroatoms. The Morgan fingerprint density at radius 1 is 1.40 bits per heavy atom. The molecule has 1 rings (SSSR count). The number of rotatable bonds is 5. The van der Waals surface area contributed by atoms with E-state index < -0.39 is 0 Å². The highest BCUT2D eigenvalue weighted by Gasteiger charge is 2.25. The highest BCUT2D eigenvalue weighted by atomic mass is 16.5. The molecule has 1 aliphatic heterocycles. The molecule has 0 radical (unpaired) electrons. The molecule has 1 saturated heterocycles. The van der Waals surface area contributed by atoms with E-state index in [1.807, 2.05) is 0 Å². The highest BCUT2D eigenvalue weighted by Crippen LogP contribution is 2.17. The van der Waals surface area contributed by atoms with Crippen LogP contribution in [0, 0.1) is 5.92 Å². The van der Waals surface area contributed by atoms with Crippen molar-refractivity contribution in [3.05, 3.63) is 0 Å². The summed E-state index contributed by atoms with van der Waals surface area (Å²) in [5.41, 5.74) is 5.77. The van der Waals surface area contributed by atoms with Gasteiger partial charge in [0.15, 0.2) is 0 Å². The standard InChI is InChI=1S/C12H26N2O/c1-10(2)8-14(11(3)7-13)12-5-4-6-15-9-12/h10-12H,4-9,13H2,1-3H3. The molecule has 2 unspecified atom stereocenters. The average Bonchev–Trinajstić information content (AvgIpc) is 2.26. The van der Waals surface area contributed by atoms with Gasteiger partial charge < -0.3 is 10.5 Å². The van der Waals surface area contributed by atoms with Gasteiger partial charge in [0.1, 0.15) is 0 Å². The third-order valence-electron chi connectivity index (χ3n) is 3.09. The summed E-state index contributed by atoms with van der Waals surface area (Å²) in [4.78, 5) is 2.53. The zero-order valence-electron chi connectivity index (χ0n) is 10.4. The van der Waals surface area contributed by atoms with Gasteiger partial charge in [0.05, 0.1) is 6.61 Å². The number of ether oxygens (including phenoxy) is 1. The lowest BCUT2D eigenvalue weighted by Gasteiger charge is -2.39. The third-order valence-corrected chi connectivity index (χ3v) is 3.09. The fraction of sp³-hybridized carbons (Fsp3) is 1.00. The Morgan fingerprint density at radius 3 is 2.60 bits per heavy atom. The number of nitrogens with two attached hydrogens (primary N) is 1. The zero-order chi connectivity index (χ0) is 11.3. The van der Waals surface area contributed by atoms with E-state index in [0.717, 1.165) is 26.3 Å². The maximum atomic E-state index is 5.77. The smallest absolute Gasteiger partial charge is 0.0621 e. The quantitative estimate of drug-likeness (QED) is 0.753. The Kier molecular flexibility index (Phi) is 5.58. The molecule has 0 spiro atoms. The molecule has 15 heavy (non-hydrogen) atoms. The first kappa shape index (κ1) is 12.9. The van der Waals surface area contributed by atoms with Crippen molar-refractivity contribution in [2.45, 2.75) is 45.7 Å². The molecule has 0 bridgehead atoms. The Hall–Kier alpha value is -0.120. The summed E-state index contributed by atoms with van der Waals surface area (Å²) >= 11 is 0. The molecular weight excluding hydrogens is 188 g/mol. The first-order valence-corrected chi connectivity index (χ1v) is 6.18. The fourth-order valence-electron chi connectivity index (χ4n) is 2.23. The van der Waals surface area contributed by atoms with Crippen LogP contribution in [0.2, 0.25) is 0 Å². The summed E-state index contributed by atoms with van der Waals surface area (Å²) in [7, 11) is 0. The van der Waals surface area contributed by atoms with Crippen LogP contribution in [0.3, 0.4) is 0 Å². The monoisotopic (exact) mass is 214 g/mol. The van der Waals surface area contributed by atoms with Gasteiger partial charge in [-0.05, 0) is 25.7 Å². The second kappa shape index (κ2) is 6.46. The first-order valence-electron chi connectivity index (χ1n) is 6.18. The minimum absolute atomic E-state index is 0.471. The van der Waals surface area contributed by atoms with Gasteiger partial charge in [-0.25, -0.2) is 0 Å². The predicted molar refractivity (Wildman–Crippen MR) is 63.9 cm³/mol. The van der Waals surface area contributed by atoms with Crippen molar-refractivity contribution in [3.63, 3.8) is 0 Å². The van der Waals surface area contributed by atoms with E-state index in [1.54, 1.807) is 0 Å². The molecule has 1 fully saturated rings. The van der Waals surface area contributed by atoms with Crippen LogP contribution in [0.4, 0.5) is 0 Å². The molecule has 3 nitrogen and oxygen atoms in total. The van der Waals surface area contributed by atoms with E-state index in [9.17, 15) is 0 Å². The minimum atomic E-state index is 0.471. The summed E-state index contributed by atoms with van der Waals surface area (Å²) in [6.45, 7) is 10.4. The molecule has 0 aromatic rings. The Balaban J connectivity index is 2.52. The molecule has 90 valence electrons. The third kappa shape index (κ3) is 4.09. The molecular formula is C12H26N2O. The van der Waals surface area contributed by atoms with Gasteiger partial charge >= 0.3 is 0 Å². The van der Waals surface area contributed by atoms with Crippen molar-refractivity contribution in [2.24, 2.45) is 11.7 Å². The van der Waals surface area contributed by atoms with Gasteiger partial charge in [-0.2, -0.15) is 0 Å². The van der Waals surface area contributed by atoms with Crippen LogP contribution in [0.15, 0.2) is 0 Å². The first-order chi connectivity index (χ1) is 7.15. The van der Waals surface area contributed by atoms with Crippen LogP contribution < -0.4 is 5.73 Å². The van der Waals surface area contributed by atoms with Crippen molar-refractivity contribution >= 4 is 0 Å². The average molecular weight is 214 g/mol. The van der Waals surface area contributed by atoms with E-state index in [4.69, 9.17) is 10.5 Å². The molecule has 0 aromatic carbocycles. The van der Waals surface area contributed by atoms with Crippen molar-refractivity contribution in [1.82, 2.24) is 4.90 Å². The van der Waals surface area contributed by atoms with E-state index in [2.05, 4.69) is 25.7 Å². The van der Waals surface area contributed by atoms with Gasteiger partial charge in [-0.1, -0.05) is 13.8 Å². The number of hydrogen-bond donors (Lipinski definition) is 1.